The molecule has 2 aromatic rings. The summed E-state index contributed by atoms with van der Waals surface area (Å²) < 4.78 is 0. The van der Waals surface area contributed by atoms with Gasteiger partial charge in [0.25, 0.3) is 0 Å². The predicted molar refractivity (Wildman–Crippen MR) is 86.9 cm³/mol. The number of nitrogens with one attached hydrogen (secondary N) is 2. The third-order valence-corrected chi connectivity index (χ3v) is 3.80. The Labute approximate surface area is 127 Å². The molecule has 2 aromatic heterocycles. The van der Waals surface area contributed by atoms with E-state index in [1.165, 1.54) is 0 Å². The number of rotatable bonds is 8. The second-order valence-electron chi connectivity index (χ2n) is 4.21. The number of thiazole rings is 1. The van der Waals surface area contributed by atoms with Crippen LogP contribution in [0.25, 0.3) is 0 Å². The zero-order chi connectivity index (χ0) is 14.2. The highest BCUT2D eigenvalue weighted by atomic mass is 32.2. The molecule has 0 unspecified atom stereocenters. The summed E-state index contributed by atoms with van der Waals surface area (Å²) in [5.41, 5.74) is 2.98. The topological polar surface area (TPSA) is 62.7 Å². The minimum absolute atomic E-state index is 0.780. The predicted octanol–water partition coefficient (Wildman–Crippen LogP) is 3.13. The van der Waals surface area contributed by atoms with E-state index in [0.29, 0.717) is 0 Å². The summed E-state index contributed by atoms with van der Waals surface area (Å²) in [4.78, 5) is 13.2. The van der Waals surface area contributed by atoms with E-state index in [4.69, 9.17) is 0 Å². The van der Waals surface area contributed by atoms with Crippen LogP contribution >= 0.6 is 23.1 Å². The summed E-state index contributed by atoms with van der Waals surface area (Å²) in [6, 6.07) is 1.95. The lowest BCUT2D eigenvalue weighted by atomic mass is 10.3. The number of aromatic nitrogens is 3. The van der Waals surface area contributed by atoms with Gasteiger partial charge in [-0.25, -0.2) is 15.0 Å². The van der Waals surface area contributed by atoms with E-state index in [1.54, 1.807) is 23.1 Å². The fraction of sp³-hybridized carbons (Fsp3) is 0.462. The fourth-order valence-electron chi connectivity index (χ4n) is 1.63. The van der Waals surface area contributed by atoms with E-state index in [2.05, 4.69) is 37.9 Å². The van der Waals surface area contributed by atoms with Gasteiger partial charge in [-0.15, -0.1) is 11.3 Å². The molecule has 2 rings (SSSR count). The number of anilines is 2. The van der Waals surface area contributed by atoms with Crippen molar-refractivity contribution >= 4 is 34.7 Å². The van der Waals surface area contributed by atoms with E-state index in [1.807, 2.05) is 17.8 Å². The molecular weight excluding hydrogens is 290 g/mol. The van der Waals surface area contributed by atoms with Crippen LogP contribution in [-0.2, 0) is 6.42 Å². The highest BCUT2D eigenvalue weighted by Gasteiger charge is 2.04. The monoisotopic (exact) mass is 309 g/mol. The third-order valence-electron chi connectivity index (χ3n) is 2.62. The summed E-state index contributed by atoms with van der Waals surface area (Å²) in [5.74, 6) is 1.74. The van der Waals surface area contributed by atoms with Crippen LogP contribution in [0, 0.1) is 0 Å². The first-order chi connectivity index (χ1) is 9.81. The maximum atomic E-state index is 4.46. The lowest BCUT2D eigenvalue weighted by molar-refractivity contribution is 0.911. The molecule has 0 aromatic carbocycles. The van der Waals surface area contributed by atoms with Crippen molar-refractivity contribution in [3.8, 4) is 0 Å². The molecule has 0 aliphatic carbocycles. The van der Waals surface area contributed by atoms with Crippen molar-refractivity contribution in [1.29, 1.82) is 0 Å². The summed E-state index contributed by atoms with van der Waals surface area (Å²) in [5, 5.41) is 9.49. The van der Waals surface area contributed by atoms with Crippen LogP contribution in [0.1, 0.15) is 19.0 Å². The number of hydrogen-bond donors (Lipinski definition) is 2. The molecular formula is C13H19N5S2. The van der Waals surface area contributed by atoms with Crippen LogP contribution in [0.2, 0.25) is 0 Å². The zero-order valence-electron chi connectivity index (χ0n) is 11.7. The van der Waals surface area contributed by atoms with E-state index >= 15 is 0 Å². The van der Waals surface area contributed by atoms with Gasteiger partial charge >= 0.3 is 0 Å². The van der Waals surface area contributed by atoms with Crippen molar-refractivity contribution in [3.05, 3.63) is 22.7 Å². The van der Waals surface area contributed by atoms with Gasteiger partial charge in [0.05, 0.1) is 11.2 Å². The van der Waals surface area contributed by atoms with Gasteiger partial charge in [0.2, 0.25) is 0 Å². The molecule has 2 heterocycles. The molecule has 0 saturated heterocycles. The molecule has 0 aliphatic rings. The van der Waals surface area contributed by atoms with Gasteiger partial charge in [0, 0.05) is 31.0 Å². The van der Waals surface area contributed by atoms with E-state index in [0.717, 1.165) is 48.4 Å². The summed E-state index contributed by atoms with van der Waals surface area (Å²) >= 11 is 3.17. The third kappa shape index (κ3) is 4.64. The smallest absolute Gasteiger partial charge is 0.191 e. The van der Waals surface area contributed by atoms with Gasteiger partial charge in [-0.1, -0.05) is 18.7 Å². The molecule has 20 heavy (non-hydrogen) atoms. The lowest BCUT2D eigenvalue weighted by Gasteiger charge is -2.09. The van der Waals surface area contributed by atoms with Crippen LogP contribution < -0.4 is 10.6 Å². The fourth-order valence-corrected chi connectivity index (χ4v) is 2.60. The molecule has 7 heteroatoms. The van der Waals surface area contributed by atoms with Gasteiger partial charge in [0.1, 0.15) is 11.6 Å². The Hall–Kier alpha value is -1.34. The highest BCUT2D eigenvalue weighted by molar-refractivity contribution is 7.98. The largest absolute Gasteiger partial charge is 0.370 e. The van der Waals surface area contributed by atoms with Crippen LogP contribution in [-0.4, -0.2) is 34.3 Å². The van der Waals surface area contributed by atoms with Crippen LogP contribution in [0.15, 0.2) is 22.1 Å². The number of nitrogens with zero attached hydrogens (tertiary/aromatic N) is 3. The second-order valence-corrected chi connectivity index (χ2v) is 5.70. The van der Waals surface area contributed by atoms with Crippen LogP contribution in [0.3, 0.4) is 0 Å². The molecule has 0 atom stereocenters. The molecule has 0 saturated carbocycles. The van der Waals surface area contributed by atoms with Gasteiger partial charge < -0.3 is 10.6 Å². The summed E-state index contributed by atoms with van der Waals surface area (Å²) in [6.07, 6.45) is 3.96. The molecule has 108 valence electrons. The van der Waals surface area contributed by atoms with Crippen LogP contribution in [0.4, 0.5) is 11.6 Å². The lowest BCUT2D eigenvalue weighted by Crippen LogP contribution is -2.09. The van der Waals surface area contributed by atoms with Crippen molar-refractivity contribution in [1.82, 2.24) is 15.0 Å². The van der Waals surface area contributed by atoms with Crippen LogP contribution in [0.5, 0.6) is 0 Å². The first kappa shape index (κ1) is 15.1. The average Bonchev–Trinajstić information content (AvgIpc) is 2.98. The quantitative estimate of drug-likeness (QED) is 0.577. The maximum Gasteiger partial charge on any atom is 0.191 e. The molecule has 0 bridgehead atoms. The molecule has 0 radical (unpaired) electrons. The van der Waals surface area contributed by atoms with Crippen molar-refractivity contribution in [2.24, 2.45) is 0 Å². The summed E-state index contributed by atoms with van der Waals surface area (Å²) in [6.45, 7) is 3.88. The molecule has 5 nitrogen and oxygen atoms in total. The Kier molecular flexibility index (Phi) is 6.07. The molecule has 2 N–H and O–H groups in total. The standard InChI is InChI=1S/C13H19N5S2/c1-3-5-14-11-7-12(18-13(17-11)19-2)15-6-4-10-8-20-9-16-10/h7-9H,3-6H2,1-2H3,(H2,14,15,17,18). The van der Waals surface area contributed by atoms with Crippen molar-refractivity contribution in [2.75, 3.05) is 30.0 Å². The second kappa shape index (κ2) is 8.06. The van der Waals surface area contributed by atoms with Gasteiger partial charge in [0.15, 0.2) is 5.16 Å². The minimum Gasteiger partial charge on any atom is -0.370 e. The van der Waals surface area contributed by atoms with Gasteiger partial charge in [-0.05, 0) is 12.7 Å². The normalized spacial score (nSPS) is 10.5. The Bertz CT molecular complexity index is 515. The molecule has 0 fully saturated rings. The first-order valence-corrected chi connectivity index (χ1v) is 8.76. The number of hydrogen-bond acceptors (Lipinski definition) is 7. The molecule has 0 spiro atoms. The Morgan fingerprint density at radius 2 is 1.95 bits per heavy atom. The SMILES string of the molecule is CCCNc1cc(NCCc2cscn2)nc(SC)n1. The Balaban J connectivity index is 1.94. The van der Waals surface area contributed by atoms with Gasteiger partial charge in [-0.2, -0.15) is 0 Å². The van der Waals surface area contributed by atoms with E-state index in [-0.39, 0.29) is 0 Å². The molecule has 0 aliphatic heterocycles. The number of thioether (sulfide) groups is 1. The van der Waals surface area contributed by atoms with Crippen molar-refractivity contribution in [2.45, 2.75) is 24.9 Å². The Morgan fingerprint density at radius 1 is 1.20 bits per heavy atom. The minimum atomic E-state index is 0.780. The Morgan fingerprint density at radius 3 is 2.55 bits per heavy atom. The van der Waals surface area contributed by atoms with E-state index in [9.17, 15) is 0 Å². The average molecular weight is 309 g/mol. The summed E-state index contributed by atoms with van der Waals surface area (Å²) in [7, 11) is 0. The first-order valence-electron chi connectivity index (χ1n) is 6.59. The van der Waals surface area contributed by atoms with Gasteiger partial charge in [-0.3, -0.25) is 0 Å². The van der Waals surface area contributed by atoms with E-state index < -0.39 is 0 Å². The maximum absolute atomic E-state index is 4.46. The van der Waals surface area contributed by atoms with Crippen molar-refractivity contribution in [3.63, 3.8) is 0 Å². The zero-order valence-corrected chi connectivity index (χ0v) is 13.4. The molecule has 0 amide bonds. The van der Waals surface area contributed by atoms with Crippen molar-refractivity contribution < 1.29 is 0 Å². The highest BCUT2D eigenvalue weighted by Crippen LogP contribution is 2.17.